The second-order valence-electron chi connectivity index (χ2n) is 8.13. The van der Waals surface area contributed by atoms with Crippen LogP contribution in [0.2, 0.25) is 0 Å². The minimum Gasteiger partial charge on any atom is -0.465 e. The van der Waals surface area contributed by atoms with Gasteiger partial charge in [0.15, 0.2) is 5.76 Å². The highest BCUT2D eigenvalue weighted by atomic mass is 16.7. The third-order valence-electron chi connectivity index (χ3n) is 5.89. The first-order valence-electron chi connectivity index (χ1n) is 11.7. The Morgan fingerprint density at radius 3 is 2.47 bits per heavy atom. The number of hydrogen-bond acceptors (Lipinski definition) is 6. The van der Waals surface area contributed by atoms with Crippen molar-refractivity contribution in [1.82, 2.24) is 5.32 Å². The lowest BCUT2D eigenvalue weighted by molar-refractivity contribution is -0.166. The molecule has 0 saturated carbocycles. The van der Waals surface area contributed by atoms with Gasteiger partial charge in [0.1, 0.15) is 0 Å². The zero-order valence-corrected chi connectivity index (χ0v) is 19.7. The molecule has 1 heterocycles. The number of nitrogens with one attached hydrogen (secondary N) is 1. The molecule has 0 fully saturated rings. The van der Waals surface area contributed by atoms with Gasteiger partial charge in [0.05, 0.1) is 12.7 Å². The summed E-state index contributed by atoms with van der Waals surface area (Å²) in [4.78, 5) is 24.8. The summed E-state index contributed by atoms with van der Waals surface area (Å²) in [7, 11) is 1.34. The zero-order chi connectivity index (χ0) is 24.3. The van der Waals surface area contributed by atoms with Crippen LogP contribution in [-0.4, -0.2) is 50.1 Å². The summed E-state index contributed by atoms with van der Waals surface area (Å²) in [5.74, 6) is -0.766. The molecule has 2 aromatic rings. The van der Waals surface area contributed by atoms with Gasteiger partial charge < -0.3 is 24.6 Å². The Balaban J connectivity index is 1.82. The molecule has 0 aromatic heterocycles. The van der Waals surface area contributed by atoms with E-state index in [2.05, 4.69) is 5.32 Å². The number of aliphatic hydroxyl groups excluding tert-OH is 1. The van der Waals surface area contributed by atoms with Crippen molar-refractivity contribution in [1.29, 1.82) is 0 Å². The van der Waals surface area contributed by atoms with Crippen molar-refractivity contribution < 1.29 is 28.9 Å². The van der Waals surface area contributed by atoms with Gasteiger partial charge in [-0.15, -0.1) is 0 Å². The summed E-state index contributed by atoms with van der Waals surface area (Å²) in [5, 5.41) is 12.3. The number of allylic oxidation sites excluding steroid dienone is 1. The van der Waals surface area contributed by atoms with Crippen LogP contribution in [-0.2, 0) is 25.4 Å². The van der Waals surface area contributed by atoms with E-state index in [9.17, 15) is 14.7 Å². The Morgan fingerprint density at radius 2 is 1.82 bits per heavy atom. The van der Waals surface area contributed by atoms with Crippen molar-refractivity contribution in [2.75, 3.05) is 26.9 Å². The standard InChI is InChI=1S/C27H33NO6/c1-3-33-27-22(10-7-17-29)23(20-11-13-21(14-12-20)26(31)32-2)18-24(34-27)25(30)28-16-15-19-8-5-4-6-9-19/h4-6,8-9,11-14,18,22-23,27,29H,3,7,10,15-17H2,1-2H3,(H,28,30)/t22-,23-,27-/m0/s1. The fourth-order valence-electron chi connectivity index (χ4n) is 4.16. The number of hydrogen-bond donors (Lipinski definition) is 2. The molecule has 0 aliphatic carbocycles. The molecule has 7 heteroatoms. The maximum atomic E-state index is 13.0. The molecule has 0 saturated heterocycles. The molecular weight excluding hydrogens is 434 g/mol. The van der Waals surface area contributed by atoms with Gasteiger partial charge in [-0.05, 0) is 55.5 Å². The lowest BCUT2D eigenvalue weighted by atomic mass is 9.80. The first-order valence-corrected chi connectivity index (χ1v) is 11.7. The van der Waals surface area contributed by atoms with Crippen molar-refractivity contribution in [3.05, 3.63) is 83.1 Å². The molecular formula is C27H33NO6. The van der Waals surface area contributed by atoms with Crippen LogP contribution < -0.4 is 5.32 Å². The molecule has 182 valence electrons. The van der Waals surface area contributed by atoms with Crippen LogP contribution in [0.4, 0.5) is 0 Å². The number of carbonyl (C=O) groups excluding carboxylic acids is 2. The van der Waals surface area contributed by atoms with E-state index in [1.54, 1.807) is 12.1 Å². The van der Waals surface area contributed by atoms with E-state index in [4.69, 9.17) is 14.2 Å². The van der Waals surface area contributed by atoms with E-state index in [-0.39, 0.29) is 30.1 Å². The maximum Gasteiger partial charge on any atom is 0.337 e. The van der Waals surface area contributed by atoms with Gasteiger partial charge in [-0.3, -0.25) is 4.79 Å². The van der Waals surface area contributed by atoms with Gasteiger partial charge in [-0.1, -0.05) is 42.5 Å². The summed E-state index contributed by atoms with van der Waals surface area (Å²) in [6.45, 7) is 2.84. The average Bonchev–Trinajstić information content (AvgIpc) is 2.88. The minimum absolute atomic E-state index is 0.0554. The molecule has 1 aliphatic heterocycles. The smallest absolute Gasteiger partial charge is 0.337 e. The Hall–Kier alpha value is -3.16. The van der Waals surface area contributed by atoms with Crippen LogP contribution in [0, 0.1) is 5.92 Å². The molecule has 1 amide bonds. The lowest BCUT2D eigenvalue weighted by Gasteiger charge is -2.37. The molecule has 3 rings (SSSR count). The summed E-state index contributed by atoms with van der Waals surface area (Å²) in [6, 6.07) is 17.1. The quantitative estimate of drug-likeness (QED) is 0.491. The van der Waals surface area contributed by atoms with E-state index in [0.717, 1.165) is 11.1 Å². The summed E-state index contributed by atoms with van der Waals surface area (Å²) >= 11 is 0. The van der Waals surface area contributed by atoms with E-state index in [1.807, 2.05) is 55.5 Å². The number of benzene rings is 2. The number of ether oxygens (including phenoxy) is 3. The van der Waals surface area contributed by atoms with Crippen molar-refractivity contribution in [3.8, 4) is 0 Å². The highest BCUT2D eigenvalue weighted by Gasteiger charge is 2.37. The molecule has 0 radical (unpaired) electrons. The van der Waals surface area contributed by atoms with Gasteiger partial charge in [-0.2, -0.15) is 0 Å². The largest absolute Gasteiger partial charge is 0.465 e. The monoisotopic (exact) mass is 467 g/mol. The number of methoxy groups -OCH3 is 1. The molecule has 1 aliphatic rings. The van der Waals surface area contributed by atoms with Crippen LogP contribution in [0.5, 0.6) is 0 Å². The van der Waals surface area contributed by atoms with E-state index >= 15 is 0 Å². The van der Waals surface area contributed by atoms with E-state index < -0.39 is 12.3 Å². The summed E-state index contributed by atoms with van der Waals surface area (Å²) in [6.07, 6.45) is 3.15. The minimum atomic E-state index is -0.623. The van der Waals surface area contributed by atoms with Crippen LogP contribution >= 0.6 is 0 Å². The normalized spacial score (nSPS) is 19.6. The fourth-order valence-corrected chi connectivity index (χ4v) is 4.16. The third kappa shape index (κ3) is 6.68. The van der Waals surface area contributed by atoms with Crippen LogP contribution in [0.25, 0.3) is 0 Å². The second kappa shape index (κ2) is 12.9. The molecule has 0 spiro atoms. The van der Waals surface area contributed by atoms with Gasteiger partial charge in [0.25, 0.3) is 5.91 Å². The first kappa shape index (κ1) is 25.5. The molecule has 3 atom stereocenters. The van der Waals surface area contributed by atoms with Crippen molar-refractivity contribution in [2.45, 2.75) is 38.4 Å². The number of carbonyl (C=O) groups is 2. The first-order chi connectivity index (χ1) is 16.6. The molecule has 0 unspecified atom stereocenters. The zero-order valence-electron chi connectivity index (χ0n) is 19.7. The SMILES string of the molecule is CCO[C@H]1OC(C(=O)NCCc2ccccc2)=C[C@@H](c2ccc(C(=O)OC)cc2)[C@@H]1CCCO. The van der Waals surface area contributed by atoms with Gasteiger partial charge >= 0.3 is 5.97 Å². The molecule has 34 heavy (non-hydrogen) atoms. The van der Waals surface area contributed by atoms with Crippen molar-refractivity contribution >= 4 is 11.9 Å². The van der Waals surface area contributed by atoms with Gasteiger partial charge in [-0.25, -0.2) is 4.79 Å². The number of amides is 1. The van der Waals surface area contributed by atoms with Crippen molar-refractivity contribution in [3.63, 3.8) is 0 Å². The Bertz CT molecular complexity index is 957. The Morgan fingerprint density at radius 1 is 1.09 bits per heavy atom. The van der Waals surface area contributed by atoms with Crippen LogP contribution in [0.1, 0.15) is 47.2 Å². The summed E-state index contributed by atoms with van der Waals surface area (Å²) in [5.41, 5.74) is 2.52. The summed E-state index contributed by atoms with van der Waals surface area (Å²) < 4.78 is 16.7. The van der Waals surface area contributed by atoms with Crippen LogP contribution in [0.3, 0.4) is 0 Å². The molecule has 2 N–H and O–H groups in total. The van der Waals surface area contributed by atoms with E-state index in [0.29, 0.717) is 38.0 Å². The Labute approximate surface area is 200 Å². The van der Waals surface area contributed by atoms with Gasteiger partial charge in [0.2, 0.25) is 6.29 Å². The predicted octanol–water partition coefficient (Wildman–Crippen LogP) is 3.58. The topological polar surface area (TPSA) is 94.1 Å². The predicted molar refractivity (Wildman–Crippen MR) is 128 cm³/mol. The maximum absolute atomic E-state index is 13.0. The third-order valence-corrected chi connectivity index (χ3v) is 5.89. The molecule has 0 bridgehead atoms. The average molecular weight is 468 g/mol. The van der Waals surface area contributed by atoms with Crippen LogP contribution in [0.15, 0.2) is 66.4 Å². The highest BCUT2D eigenvalue weighted by molar-refractivity contribution is 5.92. The molecule has 7 nitrogen and oxygen atoms in total. The second-order valence-corrected chi connectivity index (χ2v) is 8.13. The van der Waals surface area contributed by atoms with Gasteiger partial charge in [0, 0.05) is 31.6 Å². The molecule has 2 aromatic carbocycles. The Kier molecular flexibility index (Phi) is 9.67. The number of rotatable bonds is 11. The van der Waals surface area contributed by atoms with E-state index in [1.165, 1.54) is 7.11 Å². The number of aliphatic hydroxyl groups is 1. The lowest BCUT2D eigenvalue weighted by Crippen LogP contribution is -2.39. The fraction of sp³-hybridized carbons (Fsp3) is 0.407. The van der Waals surface area contributed by atoms with Crippen molar-refractivity contribution in [2.24, 2.45) is 5.92 Å². The highest BCUT2D eigenvalue weighted by Crippen LogP contribution is 2.39. The number of esters is 1.